The van der Waals surface area contributed by atoms with Gasteiger partial charge in [0, 0.05) is 7.05 Å². The van der Waals surface area contributed by atoms with Gasteiger partial charge in [-0.15, -0.1) is 0 Å². The molecule has 0 aromatic carbocycles. The van der Waals surface area contributed by atoms with Crippen molar-refractivity contribution in [3.05, 3.63) is 18.5 Å². The van der Waals surface area contributed by atoms with Gasteiger partial charge < -0.3 is 14.8 Å². The second-order valence-corrected chi connectivity index (χ2v) is 4.90. The minimum atomic E-state index is -3.75. The molecule has 2 rings (SSSR count). The second-order valence-electron chi connectivity index (χ2n) is 3.22. The number of nitrogens with zero attached hydrogens (tertiary/aromatic N) is 4. The first-order valence-electron chi connectivity index (χ1n) is 4.52. The van der Waals surface area contributed by atoms with Gasteiger partial charge in [-0.2, -0.15) is 4.98 Å². The van der Waals surface area contributed by atoms with Gasteiger partial charge in [0.2, 0.25) is 6.39 Å². The number of rotatable bonds is 4. The Morgan fingerprint density at radius 2 is 2.29 bits per heavy atom. The third-order valence-electron chi connectivity index (χ3n) is 1.99. The van der Waals surface area contributed by atoms with Crippen LogP contribution in [0.1, 0.15) is 5.82 Å². The van der Waals surface area contributed by atoms with Crippen molar-refractivity contribution in [3.63, 3.8) is 0 Å². The number of nitrogens with two attached hydrogens (primary N) is 1. The lowest BCUT2D eigenvalue weighted by Crippen LogP contribution is -2.26. The summed E-state index contributed by atoms with van der Waals surface area (Å²) in [6, 6.07) is 0. The summed E-state index contributed by atoms with van der Waals surface area (Å²) in [5.41, 5.74) is 5.48. The zero-order chi connectivity index (χ0) is 12.5. The van der Waals surface area contributed by atoms with Crippen LogP contribution in [-0.2, 0) is 23.6 Å². The van der Waals surface area contributed by atoms with Crippen molar-refractivity contribution in [3.8, 4) is 0 Å². The van der Waals surface area contributed by atoms with Crippen LogP contribution < -0.4 is 10.5 Å². The van der Waals surface area contributed by atoms with E-state index in [1.807, 2.05) is 0 Å². The number of aryl methyl sites for hydroxylation is 1. The SMILES string of the molecule is Cn1cnc(N)c1S(=O)(=O)NCc1ncon1. The Balaban J connectivity index is 2.20. The number of anilines is 1. The first kappa shape index (κ1) is 11.5. The number of nitrogen functional groups attached to an aromatic ring is 1. The molecule has 92 valence electrons. The van der Waals surface area contributed by atoms with Crippen LogP contribution in [0.4, 0.5) is 5.82 Å². The highest BCUT2D eigenvalue weighted by atomic mass is 32.2. The van der Waals surface area contributed by atoms with Crippen LogP contribution >= 0.6 is 0 Å². The van der Waals surface area contributed by atoms with Gasteiger partial charge in [0.1, 0.15) is 0 Å². The normalized spacial score (nSPS) is 11.8. The predicted octanol–water partition coefficient (Wildman–Crippen LogP) is -1.14. The van der Waals surface area contributed by atoms with Crippen LogP contribution in [0, 0.1) is 0 Å². The molecule has 0 aliphatic rings. The van der Waals surface area contributed by atoms with E-state index in [-0.39, 0.29) is 23.2 Å². The fourth-order valence-electron chi connectivity index (χ4n) is 1.26. The van der Waals surface area contributed by atoms with Crippen molar-refractivity contribution in [2.24, 2.45) is 7.05 Å². The van der Waals surface area contributed by atoms with E-state index in [0.29, 0.717) is 0 Å². The van der Waals surface area contributed by atoms with Crippen molar-refractivity contribution in [1.29, 1.82) is 0 Å². The lowest BCUT2D eigenvalue weighted by Gasteiger charge is -2.05. The molecule has 0 aliphatic heterocycles. The predicted molar refractivity (Wildman–Crippen MR) is 55.9 cm³/mol. The standard InChI is InChI=1S/C7H10N6O3S/c1-13-3-9-6(8)7(13)17(14,15)11-2-5-10-4-16-12-5/h3-4,11H,2,8H2,1H3. The van der Waals surface area contributed by atoms with Gasteiger partial charge in [-0.05, 0) is 0 Å². The molecule has 9 nitrogen and oxygen atoms in total. The summed E-state index contributed by atoms with van der Waals surface area (Å²) >= 11 is 0. The Labute approximate surface area is 96.7 Å². The third-order valence-corrected chi connectivity index (χ3v) is 3.52. The summed E-state index contributed by atoms with van der Waals surface area (Å²) in [5, 5.41) is 3.38. The second kappa shape index (κ2) is 4.14. The Hall–Kier alpha value is -1.94. The molecule has 0 amide bonds. The van der Waals surface area contributed by atoms with Gasteiger partial charge in [-0.3, -0.25) is 0 Å². The van der Waals surface area contributed by atoms with Gasteiger partial charge in [0.25, 0.3) is 10.0 Å². The fourth-order valence-corrected chi connectivity index (χ4v) is 2.47. The van der Waals surface area contributed by atoms with Crippen molar-refractivity contribution in [2.75, 3.05) is 5.73 Å². The molecule has 0 fully saturated rings. The maximum Gasteiger partial charge on any atom is 0.260 e. The van der Waals surface area contributed by atoms with E-state index >= 15 is 0 Å². The molecule has 2 aromatic heterocycles. The van der Waals surface area contributed by atoms with Gasteiger partial charge in [0.05, 0.1) is 12.9 Å². The average Bonchev–Trinajstić information content (AvgIpc) is 2.86. The molecule has 0 saturated carbocycles. The van der Waals surface area contributed by atoms with E-state index < -0.39 is 10.0 Å². The van der Waals surface area contributed by atoms with Gasteiger partial charge in [-0.25, -0.2) is 18.1 Å². The van der Waals surface area contributed by atoms with Crippen LogP contribution in [0.2, 0.25) is 0 Å². The molecule has 17 heavy (non-hydrogen) atoms. The average molecular weight is 258 g/mol. The molecule has 0 aliphatic carbocycles. The summed E-state index contributed by atoms with van der Waals surface area (Å²) in [6.45, 7) is -0.0799. The van der Waals surface area contributed by atoms with Gasteiger partial charge >= 0.3 is 0 Å². The molecule has 0 bridgehead atoms. The quantitative estimate of drug-likeness (QED) is 0.709. The Morgan fingerprint density at radius 3 is 2.82 bits per heavy atom. The monoisotopic (exact) mass is 258 g/mol. The Bertz CT molecular complexity index is 582. The smallest absolute Gasteiger partial charge is 0.260 e. The van der Waals surface area contributed by atoms with E-state index in [4.69, 9.17) is 5.73 Å². The van der Waals surface area contributed by atoms with E-state index in [0.717, 1.165) is 6.39 Å². The third kappa shape index (κ3) is 2.26. The van der Waals surface area contributed by atoms with Crippen LogP contribution in [0.5, 0.6) is 0 Å². The first-order valence-corrected chi connectivity index (χ1v) is 6.01. The maximum absolute atomic E-state index is 11.9. The van der Waals surface area contributed by atoms with Crippen LogP contribution in [0.15, 0.2) is 22.3 Å². The zero-order valence-corrected chi connectivity index (χ0v) is 9.68. The van der Waals surface area contributed by atoms with E-state index in [2.05, 4.69) is 24.4 Å². The first-order chi connectivity index (χ1) is 8.00. The lowest BCUT2D eigenvalue weighted by atomic mass is 10.6. The van der Waals surface area contributed by atoms with Gasteiger partial charge in [-0.1, -0.05) is 5.16 Å². The van der Waals surface area contributed by atoms with E-state index in [1.165, 1.54) is 17.9 Å². The lowest BCUT2D eigenvalue weighted by molar-refractivity contribution is 0.409. The minimum Gasteiger partial charge on any atom is -0.381 e. The maximum atomic E-state index is 11.9. The molecule has 0 spiro atoms. The van der Waals surface area contributed by atoms with Gasteiger partial charge in [0.15, 0.2) is 16.7 Å². The number of nitrogens with one attached hydrogen (secondary N) is 1. The number of imidazole rings is 1. The summed E-state index contributed by atoms with van der Waals surface area (Å²) in [5.74, 6) is 0.169. The molecule has 0 saturated heterocycles. The summed E-state index contributed by atoms with van der Waals surface area (Å²) in [6.07, 6.45) is 2.43. The van der Waals surface area contributed by atoms with Crippen molar-refractivity contribution < 1.29 is 12.9 Å². The molecule has 0 radical (unpaired) electrons. The van der Waals surface area contributed by atoms with Crippen molar-refractivity contribution in [1.82, 2.24) is 24.4 Å². The molecule has 2 aromatic rings. The highest BCUT2D eigenvalue weighted by Crippen LogP contribution is 2.14. The number of aromatic nitrogens is 4. The molecule has 3 N–H and O–H groups in total. The van der Waals surface area contributed by atoms with Crippen LogP contribution in [-0.4, -0.2) is 28.1 Å². The molecule has 0 unspecified atom stereocenters. The van der Waals surface area contributed by atoms with Crippen LogP contribution in [0.25, 0.3) is 0 Å². The fraction of sp³-hybridized carbons (Fsp3) is 0.286. The molecular formula is C7H10N6O3S. The number of sulfonamides is 1. The number of hydrogen-bond donors (Lipinski definition) is 2. The van der Waals surface area contributed by atoms with E-state index in [1.54, 1.807) is 0 Å². The Kier molecular flexibility index (Phi) is 2.81. The molecular weight excluding hydrogens is 248 g/mol. The molecule has 2 heterocycles. The summed E-state index contributed by atoms with van der Waals surface area (Å²) in [4.78, 5) is 7.39. The topological polar surface area (TPSA) is 129 Å². The number of hydrogen-bond acceptors (Lipinski definition) is 7. The highest BCUT2D eigenvalue weighted by molar-refractivity contribution is 7.89. The molecule has 0 atom stereocenters. The largest absolute Gasteiger partial charge is 0.381 e. The Morgan fingerprint density at radius 1 is 1.53 bits per heavy atom. The van der Waals surface area contributed by atoms with Crippen LogP contribution in [0.3, 0.4) is 0 Å². The molecule has 10 heteroatoms. The van der Waals surface area contributed by atoms with E-state index in [9.17, 15) is 8.42 Å². The minimum absolute atomic E-state index is 0.0619. The summed E-state index contributed by atoms with van der Waals surface area (Å²) in [7, 11) is -2.22. The summed E-state index contributed by atoms with van der Waals surface area (Å²) < 4.78 is 31.9. The van der Waals surface area contributed by atoms with Crippen molar-refractivity contribution in [2.45, 2.75) is 11.6 Å². The highest BCUT2D eigenvalue weighted by Gasteiger charge is 2.22. The zero-order valence-electron chi connectivity index (χ0n) is 8.86. The van der Waals surface area contributed by atoms with Crippen molar-refractivity contribution >= 4 is 15.8 Å².